The molecule has 0 saturated heterocycles. The average Bonchev–Trinajstić information content (AvgIpc) is 1.98. The topological polar surface area (TPSA) is 29.5 Å². The van der Waals surface area contributed by atoms with Crippen LogP contribution in [0, 0.1) is 11.8 Å². The Morgan fingerprint density at radius 2 is 2.17 bits per heavy atom. The first-order valence-electron chi connectivity index (χ1n) is 4.48. The molecule has 1 fully saturated rings. The van der Waals surface area contributed by atoms with Crippen molar-refractivity contribution >= 4 is 5.91 Å². The number of hydrogen-bond donors (Lipinski definition) is 0. The molecule has 0 bridgehead atoms. The van der Waals surface area contributed by atoms with E-state index in [2.05, 4.69) is 0 Å². The van der Waals surface area contributed by atoms with Crippen molar-refractivity contribution in [3.05, 3.63) is 0 Å². The predicted molar refractivity (Wildman–Crippen MR) is 46.3 cm³/mol. The van der Waals surface area contributed by atoms with Crippen LogP contribution in [-0.4, -0.2) is 25.1 Å². The third-order valence-electron chi connectivity index (χ3n) is 2.83. The van der Waals surface area contributed by atoms with Gasteiger partial charge in [-0.25, -0.2) is 5.06 Å². The molecule has 0 aromatic rings. The number of amides is 1. The van der Waals surface area contributed by atoms with Crippen molar-refractivity contribution < 1.29 is 9.63 Å². The smallest absolute Gasteiger partial charge is 0.248 e. The Labute approximate surface area is 73.6 Å². The highest BCUT2D eigenvalue weighted by Crippen LogP contribution is 2.33. The van der Waals surface area contributed by atoms with E-state index in [9.17, 15) is 4.79 Å². The van der Waals surface area contributed by atoms with Crippen molar-refractivity contribution in [3.8, 4) is 0 Å². The highest BCUT2D eigenvalue weighted by atomic mass is 16.7. The Morgan fingerprint density at radius 1 is 1.58 bits per heavy atom. The van der Waals surface area contributed by atoms with Gasteiger partial charge in [0.05, 0.1) is 7.11 Å². The van der Waals surface area contributed by atoms with E-state index in [4.69, 9.17) is 4.84 Å². The molecule has 0 heterocycles. The van der Waals surface area contributed by atoms with Gasteiger partial charge in [0.2, 0.25) is 5.91 Å². The van der Waals surface area contributed by atoms with Crippen molar-refractivity contribution in [3.63, 3.8) is 0 Å². The zero-order valence-corrected chi connectivity index (χ0v) is 8.04. The summed E-state index contributed by atoms with van der Waals surface area (Å²) in [5, 5.41) is 1.32. The summed E-state index contributed by atoms with van der Waals surface area (Å²) < 4.78 is 0. The van der Waals surface area contributed by atoms with Crippen molar-refractivity contribution in [2.24, 2.45) is 11.8 Å². The maximum Gasteiger partial charge on any atom is 0.248 e. The minimum absolute atomic E-state index is 0.0993. The van der Waals surface area contributed by atoms with Gasteiger partial charge in [-0.2, -0.15) is 0 Å². The Morgan fingerprint density at radius 3 is 2.50 bits per heavy atom. The minimum atomic E-state index is 0.0993. The Hall–Kier alpha value is -0.570. The first-order chi connectivity index (χ1) is 5.66. The van der Waals surface area contributed by atoms with Gasteiger partial charge in [0.25, 0.3) is 0 Å². The van der Waals surface area contributed by atoms with Crippen molar-refractivity contribution in [2.45, 2.75) is 26.2 Å². The third kappa shape index (κ3) is 1.78. The van der Waals surface area contributed by atoms with Crippen LogP contribution in [-0.2, 0) is 9.63 Å². The van der Waals surface area contributed by atoms with Crippen LogP contribution in [0.2, 0.25) is 0 Å². The van der Waals surface area contributed by atoms with Crippen LogP contribution in [0.4, 0.5) is 0 Å². The molecule has 1 amide bonds. The molecular weight excluding hydrogens is 154 g/mol. The SMILES string of the molecule is CON(C)C(=O)C(C)C1CCC1. The quantitative estimate of drug-likeness (QED) is 0.601. The Bertz CT molecular complexity index is 166. The number of hydrogen-bond acceptors (Lipinski definition) is 2. The second-order valence-electron chi connectivity index (χ2n) is 3.50. The Balaban J connectivity index is 2.39. The first-order valence-corrected chi connectivity index (χ1v) is 4.48. The van der Waals surface area contributed by atoms with Crippen molar-refractivity contribution in [2.75, 3.05) is 14.2 Å². The van der Waals surface area contributed by atoms with Crippen LogP contribution in [0.25, 0.3) is 0 Å². The van der Waals surface area contributed by atoms with E-state index in [0.29, 0.717) is 5.92 Å². The normalized spacial score (nSPS) is 19.9. The lowest BCUT2D eigenvalue weighted by atomic mass is 9.76. The molecule has 0 aromatic heterocycles. The number of carbonyl (C=O) groups excluding carboxylic acids is 1. The molecule has 1 unspecified atom stereocenters. The van der Waals surface area contributed by atoms with Crippen LogP contribution in [0.1, 0.15) is 26.2 Å². The van der Waals surface area contributed by atoms with E-state index in [1.165, 1.54) is 31.4 Å². The molecule has 1 atom stereocenters. The number of hydroxylamine groups is 2. The number of carbonyl (C=O) groups is 1. The second-order valence-corrected chi connectivity index (χ2v) is 3.50. The van der Waals surface area contributed by atoms with Gasteiger partial charge in [-0.05, 0) is 18.8 Å². The van der Waals surface area contributed by atoms with Gasteiger partial charge < -0.3 is 0 Å². The van der Waals surface area contributed by atoms with E-state index in [1.807, 2.05) is 6.92 Å². The average molecular weight is 171 g/mol. The zero-order chi connectivity index (χ0) is 9.14. The summed E-state index contributed by atoms with van der Waals surface area (Å²) in [4.78, 5) is 16.3. The molecule has 0 spiro atoms. The molecule has 3 nitrogen and oxygen atoms in total. The molecule has 1 saturated carbocycles. The number of rotatable bonds is 3. The lowest BCUT2D eigenvalue weighted by Gasteiger charge is -2.32. The lowest BCUT2D eigenvalue weighted by Crippen LogP contribution is -2.36. The molecule has 70 valence electrons. The summed E-state index contributed by atoms with van der Waals surface area (Å²) in [5.74, 6) is 0.820. The van der Waals surface area contributed by atoms with Gasteiger partial charge >= 0.3 is 0 Å². The fourth-order valence-electron chi connectivity index (χ4n) is 1.52. The first kappa shape index (κ1) is 9.52. The molecular formula is C9H17NO2. The van der Waals surface area contributed by atoms with Gasteiger partial charge in [0, 0.05) is 13.0 Å². The van der Waals surface area contributed by atoms with Crippen LogP contribution >= 0.6 is 0 Å². The molecule has 0 radical (unpaired) electrons. The highest BCUT2D eigenvalue weighted by Gasteiger charge is 2.30. The zero-order valence-electron chi connectivity index (χ0n) is 8.04. The molecule has 1 aliphatic rings. The largest absolute Gasteiger partial charge is 0.275 e. The van der Waals surface area contributed by atoms with Gasteiger partial charge in [0.1, 0.15) is 0 Å². The molecule has 3 heteroatoms. The summed E-state index contributed by atoms with van der Waals surface area (Å²) in [5.41, 5.74) is 0. The summed E-state index contributed by atoms with van der Waals surface area (Å²) in [6, 6.07) is 0. The van der Waals surface area contributed by atoms with E-state index >= 15 is 0 Å². The predicted octanol–water partition coefficient (Wildman–Crippen LogP) is 1.44. The van der Waals surface area contributed by atoms with E-state index in [-0.39, 0.29) is 11.8 Å². The summed E-state index contributed by atoms with van der Waals surface area (Å²) in [6.07, 6.45) is 3.67. The van der Waals surface area contributed by atoms with Gasteiger partial charge in [-0.1, -0.05) is 13.3 Å². The monoisotopic (exact) mass is 171 g/mol. The second kappa shape index (κ2) is 3.90. The standard InChI is InChI=1S/C9H17NO2/c1-7(8-5-4-6-8)9(11)10(2)12-3/h7-8H,4-6H2,1-3H3. The summed E-state index contributed by atoms with van der Waals surface area (Å²) >= 11 is 0. The van der Waals surface area contributed by atoms with Gasteiger partial charge in [-0.3, -0.25) is 9.63 Å². The highest BCUT2D eigenvalue weighted by molar-refractivity contribution is 5.77. The molecule has 1 rings (SSSR count). The molecule has 0 N–H and O–H groups in total. The minimum Gasteiger partial charge on any atom is -0.275 e. The fourth-order valence-corrected chi connectivity index (χ4v) is 1.52. The van der Waals surface area contributed by atoms with Crippen LogP contribution in [0.5, 0.6) is 0 Å². The van der Waals surface area contributed by atoms with E-state index < -0.39 is 0 Å². The van der Waals surface area contributed by atoms with Gasteiger partial charge in [0.15, 0.2) is 0 Å². The number of nitrogens with zero attached hydrogens (tertiary/aromatic N) is 1. The van der Waals surface area contributed by atoms with Crippen LogP contribution < -0.4 is 0 Å². The van der Waals surface area contributed by atoms with Crippen LogP contribution in [0.15, 0.2) is 0 Å². The third-order valence-corrected chi connectivity index (χ3v) is 2.83. The molecule has 12 heavy (non-hydrogen) atoms. The summed E-state index contributed by atoms with van der Waals surface area (Å²) in [7, 11) is 3.18. The lowest BCUT2D eigenvalue weighted by molar-refractivity contribution is -0.175. The Kier molecular flexibility index (Phi) is 3.09. The molecule has 0 aliphatic heterocycles. The molecule has 0 aromatic carbocycles. The maximum atomic E-state index is 11.5. The molecule has 1 aliphatic carbocycles. The maximum absolute atomic E-state index is 11.5. The van der Waals surface area contributed by atoms with Crippen molar-refractivity contribution in [1.29, 1.82) is 0 Å². The van der Waals surface area contributed by atoms with Crippen LogP contribution in [0.3, 0.4) is 0 Å². The summed E-state index contributed by atoms with van der Waals surface area (Å²) in [6.45, 7) is 1.99. The van der Waals surface area contributed by atoms with Crippen molar-refractivity contribution in [1.82, 2.24) is 5.06 Å². The van der Waals surface area contributed by atoms with E-state index in [1.54, 1.807) is 7.05 Å². The van der Waals surface area contributed by atoms with Gasteiger partial charge in [-0.15, -0.1) is 0 Å². The fraction of sp³-hybridized carbons (Fsp3) is 0.889. The van der Waals surface area contributed by atoms with E-state index in [0.717, 1.165) is 0 Å².